The second kappa shape index (κ2) is 5.18. The number of aromatic nitrogens is 1. The highest BCUT2D eigenvalue weighted by Gasteiger charge is 2.38. The molecule has 1 aromatic rings. The third-order valence-corrected chi connectivity index (χ3v) is 4.39. The monoisotopic (exact) mass is 233 g/mol. The first kappa shape index (κ1) is 12.6. The fraction of sp³-hybridized carbons (Fsp3) is 0.667. The lowest BCUT2D eigenvalue weighted by atomic mass is 9.76. The van der Waals surface area contributed by atoms with E-state index >= 15 is 0 Å². The molecule has 1 N–H and O–H groups in total. The van der Waals surface area contributed by atoms with E-state index in [0.717, 1.165) is 12.1 Å². The van der Waals surface area contributed by atoms with Crippen LogP contribution in [0.15, 0.2) is 18.3 Å². The summed E-state index contributed by atoms with van der Waals surface area (Å²) in [5.74, 6) is 0. The standard InChI is InChI=1S/C15H23NO/c1-3-15(8-4-5-9-15)14(17)10-13-7-6-12(2)11-16-13/h6-7,11,14,17H,3-5,8-10H2,1-2H3. The first-order chi connectivity index (χ1) is 8.16. The summed E-state index contributed by atoms with van der Waals surface area (Å²) in [4.78, 5) is 4.40. The van der Waals surface area contributed by atoms with E-state index in [0.29, 0.717) is 6.42 Å². The average molecular weight is 233 g/mol. The highest BCUT2D eigenvalue weighted by Crippen LogP contribution is 2.44. The molecule has 94 valence electrons. The Labute approximate surface area is 104 Å². The van der Waals surface area contributed by atoms with Crippen LogP contribution >= 0.6 is 0 Å². The van der Waals surface area contributed by atoms with Gasteiger partial charge in [-0.15, -0.1) is 0 Å². The zero-order valence-electron chi connectivity index (χ0n) is 10.9. The van der Waals surface area contributed by atoms with E-state index in [4.69, 9.17) is 0 Å². The molecule has 2 rings (SSSR count). The minimum Gasteiger partial charge on any atom is -0.392 e. The lowest BCUT2D eigenvalue weighted by molar-refractivity contribution is 0.0250. The van der Waals surface area contributed by atoms with Gasteiger partial charge >= 0.3 is 0 Å². The van der Waals surface area contributed by atoms with Crippen LogP contribution in [0.3, 0.4) is 0 Å². The molecule has 17 heavy (non-hydrogen) atoms. The van der Waals surface area contributed by atoms with Crippen LogP contribution in [0.1, 0.15) is 50.3 Å². The maximum Gasteiger partial charge on any atom is 0.0651 e. The Morgan fingerprint density at radius 3 is 2.59 bits per heavy atom. The fourth-order valence-corrected chi connectivity index (χ4v) is 3.04. The topological polar surface area (TPSA) is 33.1 Å². The summed E-state index contributed by atoms with van der Waals surface area (Å²) in [5, 5.41) is 10.5. The normalized spacial score (nSPS) is 20.4. The summed E-state index contributed by atoms with van der Waals surface area (Å²) in [6.45, 7) is 4.24. The van der Waals surface area contributed by atoms with Crippen LogP contribution in [0.2, 0.25) is 0 Å². The summed E-state index contributed by atoms with van der Waals surface area (Å²) >= 11 is 0. The van der Waals surface area contributed by atoms with Gasteiger partial charge < -0.3 is 5.11 Å². The van der Waals surface area contributed by atoms with Crippen molar-refractivity contribution in [1.29, 1.82) is 0 Å². The van der Waals surface area contributed by atoms with Crippen LogP contribution in [0.25, 0.3) is 0 Å². The van der Waals surface area contributed by atoms with Gasteiger partial charge in [0.25, 0.3) is 0 Å². The minimum absolute atomic E-state index is 0.159. The van der Waals surface area contributed by atoms with Crippen molar-refractivity contribution in [3.63, 3.8) is 0 Å². The third-order valence-electron chi connectivity index (χ3n) is 4.39. The van der Waals surface area contributed by atoms with Crippen molar-refractivity contribution >= 4 is 0 Å². The first-order valence-corrected chi connectivity index (χ1v) is 6.76. The number of aliphatic hydroxyl groups excluding tert-OH is 1. The number of pyridine rings is 1. The van der Waals surface area contributed by atoms with E-state index in [1.165, 1.54) is 31.2 Å². The van der Waals surface area contributed by atoms with Gasteiger partial charge in [0.15, 0.2) is 0 Å². The van der Waals surface area contributed by atoms with E-state index in [1.54, 1.807) is 0 Å². The second-order valence-electron chi connectivity index (χ2n) is 5.47. The lowest BCUT2D eigenvalue weighted by Gasteiger charge is -2.33. The van der Waals surface area contributed by atoms with Crippen molar-refractivity contribution in [2.45, 2.75) is 58.5 Å². The van der Waals surface area contributed by atoms with Gasteiger partial charge in [-0.3, -0.25) is 4.98 Å². The number of aryl methyl sites for hydroxylation is 1. The molecule has 0 aromatic carbocycles. The first-order valence-electron chi connectivity index (χ1n) is 6.76. The Kier molecular flexibility index (Phi) is 3.82. The van der Waals surface area contributed by atoms with Crippen LogP contribution in [0, 0.1) is 12.3 Å². The Morgan fingerprint density at radius 1 is 1.35 bits per heavy atom. The second-order valence-corrected chi connectivity index (χ2v) is 5.47. The van der Waals surface area contributed by atoms with Gasteiger partial charge in [-0.1, -0.05) is 25.8 Å². The Balaban J connectivity index is 2.05. The van der Waals surface area contributed by atoms with E-state index in [-0.39, 0.29) is 11.5 Å². The quantitative estimate of drug-likeness (QED) is 0.866. The molecule has 1 aliphatic carbocycles. The predicted octanol–water partition coefficient (Wildman–Crippen LogP) is 3.26. The number of hydrogen-bond donors (Lipinski definition) is 1. The molecule has 0 amide bonds. The molecule has 0 saturated heterocycles. The van der Waals surface area contributed by atoms with Gasteiger partial charge in [0.05, 0.1) is 6.10 Å². The molecule has 2 nitrogen and oxygen atoms in total. The van der Waals surface area contributed by atoms with Gasteiger partial charge in [0, 0.05) is 18.3 Å². The molecule has 0 bridgehead atoms. The Morgan fingerprint density at radius 2 is 2.06 bits per heavy atom. The van der Waals surface area contributed by atoms with Crippen molar-refractivity contribution in [1.82, 2.24) is 4.98 Å². The molecular formula is C15H23NO. The molecule has 0 aliphatic heterocycles. The zero-order chi connectivity index (χ0) is 12.3. The van der Waals surface area contributed by atoms with E-state index < -0.39 is 0 Å². The van der Waals surface area contributed by atoms with Crippen molar-refractivity contribution in [3.05, 3.63) is 29.6 Å². The van der Waals surface area contributed by atoms with E-state index in [2.05, 4.69) is 18.0 Å². The van der Waals surface area contributed by atoms with Gasteiger partial charge in [-0.05, 0) is 43.2 Å². The molecule has 0 spiro atoms. The number of aliphatic hydroxyl groups is 1. The number of hydrogen-bond acceptors (Lipinski definition) is 2. The van der Waals surface area contributed by atoms with Crippen LogP contribution in [-0.2, 0) is 6.42 Å². The number of nitrogens with zero attached hydrogens (tertiary/aromatic N) is 1. The van der Waals surface area contributed by atoms with Crippen LogP contribution < -0.4 is 0 Å². The Bertz CT molecular complexity index is 352. The van der Waals surface area contributed by atoms with Crippen LogP contribution in [0.5, 0.6) is 0 Å². The van der Waals surface area contributed by atoms with Crippen LogP contribution in [-0.4, -0.2) is 16.2 Å². The van der Waals surface area contributed by atoms with Gasteiger partial charge in [0.2, 0.25) is 0 Å². The van der Waals surface area contributed by atoms with Crippen molar-refractivity contribution < 1.29 is 5.11 Å². The number of rotatable bonds is 4. The molecule has 1 fully saturated rings. The van der Waals surface area contributed by atoms with Crippen LogP contribution in [0.4, 0.5) is 0 Å². The molecule has 1 atom stereocenters. The SMILES string of the molecule is CCC1(C(O)Cc2ccc(C)cn2)CCCC1. The molecular weight excluding hydrogens is 210 g/mol. The van der Waals surface area contributed by atoms with E-state index in [1.807, 2.05) is 19.2 Å². The minimum atomic E-state index is -0.231. The van der Waals surface area contributed by atoms with Gasteiger partial charge in [-0.2, -0.15) is 0 Å². The summed E-state index contributed by atoms with van der Waals surface area (Å²) in [6, 6.07) is 4.11. The van der Waals surface area contributed by atoms with Gasteiger partial charge in [-0.25, -0.2) is 0 Å². The predicted molar refractivity (Wildman–Crippen MR) is 69.9 cm³/mol. The molecule has 0 radical (unpaired) electrons. The maximum absolute atomic E-state index is 10.5. The fourth-order valence-electron chi connectivity index (χ4n) is 3.04. The smallest absolute Gasteiger partial charge is 0.0651 e. The zero-order valence-corrected chi connectivity index (χ0v) is 10.9. The Hall–Kier alpha value is -0.890. The highest BCUT2D eigenvalue weighted by molar-refractivity contribution is 5.13. The summed E-state index contributed by atoms with van der Waals surface area (Å²) < 4.78 is 0. The van der Waals surface area contributed by atoms with Crippen molar-refractivity contribution in [2.75, 3.05) is 0 Å². The molecule has 1 unspecified atom stereocenters. The maximum atomic E-state index is 10.5. The summed E-state index contributed by atoms with van der Waals surface area (Å²) in [6.07, 6.45) is 8.33. The van der Waals surface area contributed by atoms with E-state index in [9.17, 15) is 5.11 Å². The third kappa shape index (κ3) is 2.68. The average Bonchev–Trinajstić information content (AvgIpc) is 2.82. The molecule has 1 aromatic heterocycles. The molecule has 1 saturated carbocycles. The molecule has 1 heterocycles. The summed E-state index contributed by atoms with van der Waals surface area (Å²) in [7, 11) is 0. The molecule has 2 heteroatoms. The van der Waals surface area contributed by atoms with Crippen molar-refractivity contribution in [3.8, 4) is 0 Å². The lowest BCUT2D eigenvalue weighted by Crippen LogP contribution is -2.34. The molecule has 1 aliphatic rings. The van der Waals surface area contributed by atoms with Crippen molar-refractivity contribution in [2.24, 2.45) is 5.41 Å². The highest BCUT2D eigenvalue weighted by atomic mass is 16.3. The summed E-state index contributed by atoms with van der Waals surface area (Å²) in [5.41, 5.74) is 2.35. The van der Waals surface area contributed by atoms with Gasteiger partial charge in [0.1, 0.15) is 0 Å². The largest absolute Gasteiger partial charge is 0.392 e.